The Hall–Kier alpha value is -4.06. The fourth-order valence-corrected chi connectivity index (χ4v) is 3.78. The number of hydrogen-bond acceptors (Lipinski definition) is 4. The number of hydrogen-bond donors (Lipinski definition) is 2. The first-order valence-electron chi connectivity index (χ1n) is 10.7. The second kappa shape index (κ2) is 9.21. The standard InChI is InChI=1S/C28H21BN2O2/c32-29(33)25-13-7-12-24(18-25)20-14-16-22(17-15-20)27-19-26(21-8-3-1-4-9-21)30-28(31-27)23-10-5-2-6-11-23/h1-19,32-33H. The zero-order valence-electron chi connectivity index (χ0n) is 17.8. The van der Waals surface area contributed by atoms with Gasteiger partial charge in [-0.3, -0.25) is 0 Å². The van der Waals surface area contributed by atoms with Gasteiger partial charge in [-0.25, -0.2) is 9.97 Å². The molecule has 0 bridgehead atoms. The van der Waals surface area contributed by atoms with E-state index < -0.39 is 7.12 Å². The maximum absolute atomic E-state index is 9.47. The van der Waals surface area contributed by atoms with Gasteiger partial charge in [-0.2, -0.15) is 0 Å². The van der Waals surface area contributed by atoms with Crippen LogP contribution >= 0.6 is 0 Å². The van der Waals surface area contributed by atoms with Gasteiger partial charge in [0.15, 0.2) is 5.82 Å². The minimum absolute atomic E-state index is 0.465. The minimum Gasteiger partial charge on any atom is -0.423 e. The first-order chi connectivity index (χ1) is 16.2. The third-order valence-corrected chi connectivity index (χ3v) is 5.53. The van der Waals surface area contributed by atoms with Crippen molar-refractivity contribution >= 4 is 12.6 Å². The molecular formula is C28H21BN2O2. The summed E-state index contributed by atoms with van der Waals surface area (Å²) in [6.07, 6.45) is 0. The molecule has 158 valence electrons. The average Bonchev–Trinajstić information content (AvgIpc) is 2.89. The average molecular weight is 428 g/mol. The molecule has 0 fully saturated rings. The van der Waals surface area contributed by atoms with Gasteiger partial charge in [0.25, 0.3) is 0 Å². The van der Waals surface area contributed by atoms with E-state index in [0.717, 1.165) is 39.2 Å². The van der Waals surface area contributed by atoms with E-state index in [1.54, 1.807) is 12.1 Å². The smallest absolute Gasteiger partial charge is 0.423 e. The highest BCUT2D eigenvalue weighted by Gasteiger charge is 2.13. The molecule has 5 aromatic rings. The Kier molecular flexibility index (Phi) is 5.81. The predicted octanol–water partition coefficient (Wildman–Crippen LogP) is 4.82. The first kappa shape index (κ1) is 20.8. The van der Waals surface area contributed by atoms with Crippen LogP contribution in [0.3, 0.4) is 0 Å². The largest absolute Gasteiger partial charge is 0.488 e. The monoisotopic (exact) mass is 428 g/mol. The summed E-state index contributed by atoms with van der Waals surface area (Å²) in [5, 5.41) is 18.9. The molecule has 0 saturated carbocycles. The molecule has 4 aromatic carbocycles. The summed E-state index contributed by atoms with van der Waals surface area (Å²) in [6, 6.07) is 37.4. The fourth-order valence-electron chi connectivity index (χ4n) is 3.78. The van der Waals surface area contributed by atoms with Crippen LogP contribution in [0.2, 0.25) is 0 Å². The van der Waals surface area contributed by atoms with Crippen LogP contribution in [0.1, 0.15) is 0 Å². The van der Waals surface area contributed by atoms with Crippen LogP contribution in [0.5, 0.6) is 0 Å². The molecule has 5 heteroatoms. The van der Waals surface area contributed by atoms with E-state index in [1.807, 2.05) is 103 Å². The van der Waals surface area contributed by atoms with E-state index in [9.17, 15) is 10.0 Å². The summed E-state index contributed by atoms with van der Waals surface area (Å²) >= 11 is 0. The molecule has 0 aliphatic heterocycles. The van der Waals surface area contributed by atoms with Crippen LogP contribution in [0, 0.1) is 0 Å². The summed E-state index contributed by atoms with van der Waals surface area (Å²) < 4.78 is 0. The van der Waals surface area contributed by atoms with Gasteiger partial charge in [-0.1, -0.05) is 109 Å². The number of benzene rings is 4. The SMILES string of the molecule is OB(O)c1cccc(-c2ccc(-c3cc(-c4ccccc4)nc(-c4ccccc4)n3)cc2)c1. The summed E-state index contributed by atoms with van der Waals surface area (Å²) in [5.74, 6) is 0.681. The van der Waals surface area contributed by atoms with Gasteiger partial charge in [-0.05, 0) is 22.7 Å². The lowest BCUT2D eigenvalue weighted by atomic mass is 9.79. The lowest BCUT2D eigenvalue weighted by molar-refractivity contribution is 0.426. The highest BCUT2D eigenvalue weighted by Crippen LogP contribution is 2.29. The van der Waals surface area contributed by atoms with Gasteiger partial charge in [0, 0.05) is 16.7 Å². The van der Waals surface area contributed by atoms with Crippen molar-refractivity contribution in [2.24, 2.45) is 0 Å². The normalized spacial score (nSPS) is 10.7. The molecule has 0 aliphatic carbocycles. The Bertz CT molecular complexity index is 1310. The van der Waals surface area contributed by atoms with Gasteiger partial charge in [-0.15, -0.1) is 0 Å². The van der Waals surface area contributed by atoms with Crippen molar-refractivity contribution in [2.75, 3.05) is 0 Å². The van der Waals surface area contributed by atoms with Crippen LogP contribution in [0.15, 0.2) is 115 Å². The third-order valence-electron chi connectivity index (χ3n) is 5.53. The Balaban J connectivity index is 1.56. The van der Waals surface area contributed by atoms with Crippen LogP contribution < -0.4 is 5.46 Å². The maximum atomic E-state index is 9.47. The van der Waals surface area contributed by atoms with E-state index in [1.165, 1.54) is 0 Å². The molecule has 0 unspecified atom stereocenters. The molecule has 1 heterocycles. The van der Waals surface area contributed by atoms with E-state index in [2.05, 4.69) is 0 Å². The first-order valence-corrected chi connectivity index (χ1v) is 10.7. The number of rotatable bonds is 5. The fraction of sp³-hybridized carbons (Fsp3) is 0. The Labute approximate surface area is 193 Å². The van der Waals surface area contributed by atoms with Gasteiger partial charge < -0.3 is 10.0 Å². The van der Waals surface area contributed by atoms with Crippen LogP contribution in [0.25, 0.3) is 45.0 Å². The van der Waals surface area contributed by atoms with Crippen molar-refractivity contribution in [3.63, 3.8) is 0 Å². The number of aromatic nitrogens is 2. The molecule has 1 aromatic heterocycles. The Morgan fingerprint density at radius 1 is 0.455 bits per heavy atom. The van der Waals surface area contributed by atoms with Crippen molar-refractivity contribution in [3.8, 4) is 45.0 Å². The van der Waals surface area contributed by atoms with Crippen molar-refractivity contribution in [2.45, 2.75) is 0 Å². The summed E-state index contributed by atoms with van der Waals surface area (Å²) in [5.41, 5.74) is 7.07. The quantitative estimate of drug-likeness (QED) is 0.394. The zero-order chi connectivity index (χ0) is 22.6. The Morgan fingerprint density at radius 3 is 1.58 bits per heavy atom. The van der Waals surface area contributed by atoms with Crippen molar-refractivity contribution < 1.29 is 10.0 Å². The third kappa shape index (κ3) is 4.60. The highest BCUT2D eigenvalue weighted by atomic mass is 16.4. The Morgan fingerprint density at radius 2 is 0.970 bits per heavy atom. The van der Waals surface area contributed by atoms with E-state index in [4.69, 9.17) is 9.97 Å². The summed E-state index contributed by atoms with van der Waals surface area (Å²) in [7, 11) is -1.49. The number of nitrogens with zero attached hydrogens (tertiary/aromatic N) is 2. The van der Waals surface area contributed by atoms with E-state index in [0.29, 0.717) is 11.3 Å². The zero-order valence-corrected chi connectivity index (χ0v) is 17.8. The molecule has 0 amide bonds. The van der Waals surface area contributed by atoms with Crippen LogP contribution in [0.4, 0.5) is 0 Å². The lowest BCUT2D eigenvalue weighted by Gasteiger charge is -2.10. The molecule has 0 radical (unpaired) electrons. The second-order valence-corrected chi connectivity index (χ2v) is 7.77. The lowest BCUT2D eigenvalue weighted by Crippen LogP contribution is -2.29. The molecule has 2 N–H and O–H groups in total. The molecular weight excluding hydrogens is 407 g/mol. The topological polar surface area (TPSA) is 66.2 Å². The second-order valence-electron chi connectivity index (χ2n) is 7.77. The molecule has 4 nitrogen and oxygen atoms in total. The molecule has 33 heavy (non-hydrogen) atoms. The molecule has 0 atom stereocenters. The van der Waals surface area contributed by atoms with Crippen molar-refractivity contribution in [1.29, 1.82) is 0 Å². The minimum atomic E-state index is -1.49. The van der Waals surface area contributed by atoms with Crippen LogP contribution in [-0.4, -0.2) is 27.1 Å². The summed E-state index contributed by atoms with van der Waals surface area (Å²) in [6.45, 7) is 0. The molecule has 0 aliphatic rings. The van der Waals surface area contributed by atoms with Crippen molar-refractivity contribution in [1.82, 2.24) is 9.97 Å². The molecule has 0 saturated heterocycles. The van der Waals surface area contributed by atoms with Crippen molar-refractivity contribution in [3.05, 3.63) is 115 Å². The highest BCUT2D eigenvalue weighted by molar-refractivity contribution is 6.58. The van der Waals surface area contributed by atoms with E-state index >= 15 is 0 Å². The van der Waals surface area contributed by atoms with Gasteiger partial charge >= 0.3 is 7.12 Å². The van der Waals surface area contributed by atoms with Crippen LogP contribution in [-0.2, 0) is 0 Å². The molecule has 5 rings (SSSR count). The maximum Gasteiger partial charge on any atom is 0.488 e. The predicted molar refractivity (Wildman–Crippen MR) is 134 cm³/mol. The molecule has 0 spiro atoms. The van der Waals surface area contributed by atoms with Gasteiger partial charge in [0.1, 0.15) is 0 Å². The van der Waals surface area contributed by atoms with E-state index in [-0.39, 0.29) is 0 Å². The van der Waals surface area contributed by atoms with Gasteiger partial charge in [0.05, 0.1) is 11.4 Å². The van der Waals surface area contributed by atoms with Gasteiger partial charge in [0.2, 0.25) is 0 Å². The summed E-state index contributed by atoms with van der Waals surface area (Å²) in [4.78, 5) is 9.69.